The van der Waals surface area contributed by atoms with Crippen LogP contribution in [0.3, 0.4) is 0 Å². The van der Waals surface area contributed by atoms with Crippen molar-refractivity contribution < 1.29 is 21.5 Å². The molecule has 0 aliphatic carbocycles. The van der Waals surface area contributed by atoms with Gasteiger partial charge in [0.15, 0.2) is 0 Å². The summed E-state index contributed by atoms with van der Waals surface area (Å²) in [5.74, 6) is 0.832. The fourth-order valence-corrected chi connectivity index (χ4v) is 25.7. The van der Waals surface area contributed by atoms with E-state index in [1.165, 1.54) is 0 Å². The van der Waals surface area contributed by atoms with Crippen molar-refractivity contribution in [2.24, 2.45) is 0 Å². The molecule has 32 heavy (non-hydrogen) atoms. The molecule has 2 rings (SSSR count). The summed E-state index contributed by atoms with van der Waals surface area (Å²) >= 11 is 0. The molecule has 1 aromatic rings. The summed E-state index contributed by atoms with van der Waals surface area (Å²) in [4.78, 5) is 0. The van der Waals surface area contributed by atoms with E-state index in [1.54, 1.807) is 0 Å². The Kier molecular flexibility index (Phi) is 6.93. The highest BCUT2D eigenvalue weighted by atomic mass is 28.5. The van der Waals surface area contributed by atoms with Crippen molar-refractivity contribution in [1.82, 2.24) is 8.46 Å². The molecule has 0 saturated carbocycles. The van der Waals surface area contributed by atoms with Crippen molar-refractivity contribution in [3.63, 3.8) is 0 Å². The van der Waals surface area contributed by atoms with Crippen molar-refractivity contribution in [1.29, 1.82) is 0 Å². The van der Waals surface area contributed by atoms with E-state index in [0.717, 1.165) is 11.4 Å². The van der Waals surface area contributed by atoms with Crippen LogP contribution in [0.1, 0.15) is 47.1 Å². The van der Waals surface area contributed by atoms with E-state index in [9.17, 15) is 12.9 Å². The summed E-state index contributed by atoms with van der Waals surface area (Å²) in [5, 5.41) is 0. The second-order valence-electron chi connectivity index (χ2n) is 12.6. The van der Waals surface area contributed by atoms with Crippen LogP contribution in [0, 0.1) is 0 Å². The van der Waals surface area contributed by atoms with Crippen molar-refractivity contribution >= 4 is 38.3 Å². The third kappa shape index (κ3) is 5.11. The van der Waals surface area contributed by atoms with E-state index in [2.05, 4.69) is 43.2 Å². The number of rotatable bonds is 6. The van der Waals surface area contributed by atoms with E-state index in [0.29, 0.717) is 0 Å². The normalized spacial score (nSPS) is 21.3. The Bertz CT molecular complexity index is 855. The minimum Gasteiger partial charge on any atom is -0.471 e. The first kappa shape index (κ1) is 27.4. The minimum absolute atomic E-state index is 0.558. The van der Waals surface area contributed by atoms with Gasteiger partial charge in [-0.25, -0.2) is 8.81 Å². The molecule has 0 saturated heterocycles. The molecule has 0 radical (unpaired) electrons. The van der Waals surface area contributed by atoms with Gasteiger partial charge in [-0.05, 0) is 53.7 Å². The fourth-order valence-electron chi connectivity index (χ4n) is 5.20. The molecule has 1 heterocycles. The predicted octanol–water partition coefficient (Wildman–Crippen LogP) is 6.13. The molecule has 0 N–H and O–H groups in total. The second kappa shape index (κ2) is 8.11. The lowest BCUT2D eigenvalue weighted by Crippen LogP contribution is -2.95. The van der Waals surface area contributed by atoms with Gasteiger partial charge in [0, 0.05) is 0 Å². The SMILES string of the molecule is CC(C)(C)N1C(c2ccccc2)=[N+](C(C)(C)C)[Si@@]1(O[B-](F)(F)F)N([Si](C)(C)C)[Si](C)(C)C. The molecule has 1 aliphatic rings. The number of hydrogen-bond acceptors (Lipinski definition) is 3. The molecule has 0 bridgehead atoms. The lowest BCUT2D eigenvalue weighted by molar-refractivity contribution is -0.538. The maximum absolute atomic E-state index is 14.4. The van der Waals surface area contributed by atoms with Crippen LogP contribution in [-0.2, 0) is 4.34 Å². The molecule has 1 atom stereocenters. The van der Waals surface area contributed by atoms with E-state index in [4.69, 9.17) is 4.34 Å². The molecule has 182 valence electrons. The van der Waals surface area contributed by atoms with Crippen LogP contribution in [0.25, 0.3) is 0 Å². The zero-order chi connectivity index (χ0) is 25.1. The third-order valence-corrected chi connectivity index (χ3v) is 21.9. The van der Waals surface area contributed by atoms with Gasteiger partial charge in [-0.3, -0.25) is 3.90 Å². The van der Waals surface area contributed by atoms with Gasteiger partial charge < -0.3 is 17.3 Å². The highest BCUT2D eigenvalue weighted by molar-refractivity contribution is 7.02. The summed E-state index contributed by atoms with van der Waals surface area (Å²) in [7, 11) is -13.9. The first-order valence-corrected chi connectivity index (χ1v) is 19.9. The molecule has 0 amide bonds. The smallest absolute Gasteiger partial charge is 0.471 e. The molecular formula is C21H41BF3N3OSi3. The second-order valence-corrected chi connectivity index (χ2v) is 26.2. The Balaban J connectivity index is 3.11. The maximum Gasteiger partial charge on any atom is 0.688 e. The molecule has 1 aromatic carbocycles. The summed E-state index contributed by atoms with van der Waals surface area (Å²) in [6.45, 7) is 24.9. The van der Waals surface area contributed by atoms with Crippen LogP contribution in [0.15, 0.2) is 30.3 Å². The molecule has 1 aliphatic heterocycles. The zero-order valence-corrected chi connectivity index (χ0v) is 24.8. The number of amidine groups is 1. The number of benzene rings is 1. The maximum atomic E-state index is 14.4. The topological polar surface area (TPSA) is 18.7 Å². The summed E-state index contributed by atoms with van der Waals surface area (Å²) in [5.41, 5.74) is -0.194. The summed E-state index contributed by atoms with van der Waals surface area (Å²) in [6, 6.07) is 9.78. The highest BCUT2D eigenvalue weighted by Gasteiger charge is 2.81. The average molecular weight is 504 g/mol. The van der Waals surface area contributed by atoms with E-state index >= 15 is 0 Å². The number of nitrogens with zero attached hydrogens (tertiary/aromatic N) is 3. The van der Waals surface area contributed by atoms with Crippen molar-refractivity contribution in [2.75, 3.05) is 0 Å². The first-order valence-electron chi connectivity index (χ1n) is 11.3. The summed E-state index contributed by atoms with van der Waals surface area (Å²) in [6.07, 6.45) is 0. The zero-order valence-electron chi connectivity index (χ0n) is 21.8. The minimum atomic E-state index is -5.49. The molecule has 0 aromatic heterocycles. The largest absolute Gasteiger partial charge is 0.688 e. The fraction of sp³-hybridized carbons (Fsp3) is 0.667. The van der Waals surface area contributed by atoms with Gasteiger partial charge in [-0.2, -0.15) is 0 Å². The Morgan fingerprint density at radius 3 is 1.62 bits per heavy atom. The number of halogens is 3. The van der Waals surface area contributed by atoms with Crippen LogP contribution in [0.4, 0.5) is 12.9 Å². The Morgan fingerprint density at radius 2 is 1.31 bits per heavy atom. The monoisotopic (exact) mass is 503 g/mol. The Morgan fingerprint density at radius 1 is 0.875 bits per heavy atom. The molecule has 0 spiro atoms. The lowest BCUT2D eigenvalue weighted by Gasteiger charge is -2.62. The van der Waals surface area contributed by atoms with Gasteiger partial charge in [0.1, 0.15) is 16.5 Å². The molecule has 4 nitrogen and oxygen atoms in total. The standard InChI is InChI=1S/C21H41BF3N3OSi3/c1-20(2,3)26-19(18-16-14-13-15-17-18)27(21(4,5)6)32(26,29-22(23,24)25)28(30(7,8)9)31(10,11)12/h13-17H,1-12H3. The van der Waals surface area contributed by atoms with Crippen LogP contribution in [0.2, 0.25) is 39.3 Å². The Labute approximate surface area is 196 Å². The van der Waals surface area contributed by atoms with Crippen molar-refractivity contribution in [3.8, 4) is 0 Å². The van der Waals surface area contributed by atoms with Crippen LogP contribution < -0.4 is 0 Å². The van der Waals surface area contributed by atoms with Gasteiger partial charge in [0.2, 0.25) is 0 Å². The third-order valence-electron chi connectivity index (χ3n) is 5.30. The first-order chi connectivity index (χ1) is 14.0. The lowest BCUT2D eigenvalue weighted by atomic mass is 10.1. The van der Waals surface area contributed by atoms with Crippen LogP contribution in [-0.4, -0.2) is 62.1 Å². The molecule has 11 heteroatoms. The van der Waals surface area contributed by atoms with Gasteiger partial charge in [0.05, 0.1) is 16.6 Å². The Hall–Kier alpha value is -0.884. The molecule has 0 unspecified atom stereocenters. The average Bonchev–Trinajstić information content (AvgIpc) is 2.45. The summed E-state index contributed by atoms with van der Waals surface area (Å²) < 4.78 is 55.0. The quantitative estimate of drug-likeness (QED) is 0.436. The number of hydrogen-bond donors (Lipinski definition) is 0. The van der Waals surface area contributed by atoms with Crippen LogP contribution in [0.5, 0.6) is 0 Å². The van der Waals surface area contributed by atoms with Crippen molar-refractivity contribution in [3.05, 3.63) is 35.9 Å². The van der Waals surface area contributed by atoms with Crippen LogP contribution >= 0.6 is 0 Å². The van der Waals surface area contributed by atoms with Gasteiger partial charge in [-0.1, -0.05) is 57.5 Å². The molecule has 0 fully saturated rings. The van der Waals surface area contributed by atoms with Gasteiger partial charge in [0.25, 0.3) is 5.84 Å². The molecular weight excluding hydrogens is 462 g/mol. The van der Waals surface area contributed by atoms with E-state index < -0.39 is 43.5 Å². The van der Waals surface area contributed by atoms with Crippen molar-refractivity contribution in [2.45, 2.75) is 91.9 Å². The van der Waals surface area contributed by atoms with E-state index in [1.807, 2.05) is 80.7 Å². The highest BCUT2D eigenvalue weighted by Crippen LogP contribution is 2.46. The van der Waals surface area contributed by atoms with Gasteiger partial charge in [-0.15, -0.1) is 0 Å². The van der Waals surface area contributed by atoms with Gasteiger partial charge >= 0.3 is 16.0 Å². The van der Waals surface area contributed by atoms with E-state index in [-0.39, 0.29) is 0 Å². The predicted molar refractivity (Wildman–Crippen MR) is 137 cm³/mol.